The van der Waals surface area contributed by atoms with Crippen molar-refractivity contribution in [2.24, 2.45) is 0 Å². The predicted octanol–water partition coefficient (Wildman–Crippen LogP) is 1.34. The van der Waals surface area contributed by atoms with Gasteiger partial charge < -0.3 is 10.2 Å². The van der Waals surface area contributed by atoms with Gasteiger partial charge >= 0.3 is 0 Å². The summed E-state index contributed by atoms with van der Waals surface area (Å²) in [7, 11) is 0. The van der Waals surface area contributed by atoms with E-state index in [1.54, 1.807) is 19.2 Å². The number of anilines is 1. The van der Waals surface area contributed by atoms with Gasteiger partial charge in [0.05, 0.1) is 6.54 Å². The maximum Gasteiger partial charge on any atom is 0.239 e. The van der Waals surface area contributed by atoms with Gasteiger partial charge in [-0.2, -0.15) is 0 Å². The summed E-state index contributed by atoms with van der Waals surface area (Å²) in [4.78, 5) is 31.4. The summed E-state index contributed by atoms with van der Waals surface area (Å²) in [5, 5.41) is 2.78. The summed E-state index contributed by atoms with van der Waals surface area (Å²) in [5.74, 6) is 0.538. The molecule has 7 heteroatoms. The number of nitrogens with one attached hydrogen (secondary N) is 1. The Morgan fingerprint density at radius 2 is 2.19 bits per heavy atom. The Labute approximate surface area is 132 Å². The quantitative estimate of drug-likeness (QED) is 0.889. The minimum atomic E-state index is -0.0899. The molecule has 1 aromatic heterocycles. The minimum Gasteiger partial charge on any atom is -0.340 e. The Bertz CT molecular complexity index is 520. The average Bonchev–Trinajstić information content (AvgIpc) is 2.43. The molecule has 0 bridgehead atoms. The lowest BCUT2D eigenvalue weighted by Gasteiger charge is -2.39. The first kappa shape index (κ1) is 15.9. The summed E-state index contributed by atoms with van der Waals surface area (Å²) in [6.45, 7) is 5.96. The highest BCUT2D eigenvalue weighted by atomic mass is 79.9. The van der Waals surface area contributed by atoms with E-state index in [1.807, 2.05) is 17.9 Å². The van der Waals surface area contributed by atoms with Crippen LogP contribution >= 0.6 is 15.9 Å². The highest BCUT2D eigenvalue weighted by Crippen LogP contribution is 2.12. The van der Waals surface area contributed by atoms with Crippen molar-refractivity contribution in [3.8, 4) is 0 Å². The molecule has 1 aromatic rings. The van der Waals surface area contributed by atoms with Crippen LogP contribution < -0.4 is 5.32 Å². The number of rotatable bonds is 3. The van der Waals surface area contributed by atoms with Crippen molar-refractivity contribution in [2.45, 2.75) is 19.9 Å². The number of nitrogens with zero attached hydrogens (tertiary/aromatic N) is 3. The van der Waals surface area contributed by atoms with Gasteiger partial charge in [0.15, 0.2) is 0 Å². The van der Waals surface area contributed by atoms with E-state index in [-0.39, 0.29) is 17.9 Å². The smallest absolute Gasteiger partial charge is 0.239 e. The molecule has 1 aliphatic rings. The molecule has 6 nitrogen and oxygen atoms in total. The van der Waals surface area contributed by atoms with Crippen LogP contribution in [-0.4, -0.2) is 58.8 Å². The molecule has 2 rings (SSSR count). The van der Waals surface area contributed by atoms with Crippen molar-refractivity contribution in [3.05, 3.63) is 22.8 Å². The van der Waals surface area contributed by atoms with Crippen molar-refractivity contribution in [2.75, 3.05) is 31.5 Å². The van der Waals surface area contributed by atoms with Gasteiger partial charge in [0.2, 0.25) is 11.8 Å². The van der Waals surface area contributed by atoms with Crippen LogP contribution in [0.3, 0.4) is 0 Å². The fourth-order valence-corrected chi connectivity index (χ4v) is 2.57. The van der Waals surface area contributed by atoms with Gasteiger partial charge in [0.1, 0.15) is 5.82 Å². The zero-order chi connectivity index (χ0) is 15.4. The Hall–Kier alpha value is -1.47. The van der Waals surface area contributed by atoms with Crippen LogP contribution in [-0.2, 0) is 9.59 Å². The van der Waals surface area contributed by atoms with E-state index in [1.165, 1.54) is 0 Å². The summed E-state index contributed by atoms with van der Waals surface area (Å²) in [5.41, 5.74) is 0. The molecule has 1 N–H and O–H groups in total. The van der Waals surface area contributed by atoms with Crippen molar-refractivity contribution in [1.29, 1.82) is 0 Å². The van der Waals surface area contributed by atoms with Gasteiger partial charge in [-0.15, -0.1) is 0 Å². The molecule has 0 aromatic carbocycles. The second-order valence-corrected chi connectivity index (χ2v) is 6.11. The molecule has 0 saturated carbocycles. The van der Waals surface area contributed by atoms with Crippen LogP contribution in [0.1, 0.15) is 13.8 Å². The minimum absolute atomic E-state index is 0.0880. The third-order valence-electron chi connectivity index (χ3n) is 3.55. The number of piperazine rings is 1. The molecular formula is C14H19BrN4O2. The first-order valence-electron chi connectivity index (χ1n) is 6.86. The van der Waals surface area contributed by atoms with Crippen LogP contribution in [0.2, 0.25) is 0 Å². The van der Waals surface area contributed by atoms with Gasteiger partial charge in [-0.05, 0) is 35.0 Å². The summed E-state index contributed by atoms with van der Waals surface area (Å²) < 4.78 is 0.870. The third kappa shape index (κ3) is 4.50. The molecular weight excluding hydrogens is 336 g/mol. The fourth-order valence-electron chi connectivity index (χ4n) is 2.33. The van der Waals surface area contributed by atoms with E-state index in [0.717, 1.165) is 4.47 Å². The largest absolute Gasteiger partial charge is 0.340 e. The third-order valence-corrected chi connectivity index (χ3v) is 4.02. The number of carbonyl (C=O) groups excluding carboxylic acids is 2. The lowest BCUT2D eigenvalue weighted by molar-refractivity contribution is -0.132. The maximum atomic E-state index is 12.0. The number of amides is 2. The zero-order valence-electron chi connectivity index (χ0n) is 12.2. The second-order valence-electron chi connectivity index (χ2n) is 5.19. The van der Waals surface area contributed by atoms with E-state index in [4.69, 9.17) is 0 Å². The van der Waals surface area contributed by atoms with Crippen molar-refractivity contribution < 1.29 is 9.59 Å². The number of carbonyl (C=O) groups is 2. The van der Waals surface area contributed by atoms with E-state index in [2.05, 4.69) is 31.1 Å². The van der Waals surface area contributed by atoms with Crippen LogP contribution in [0.15, 0.2) is 22.8 Å². The summed E-state index contributed by atoms with van der Waals surface area (Å²) in [6, 6.07) is 3.75. The number of hydrogen-bond acceptors (Lipinski definition) is 4. The molecule has 2 heterocycles. The van der Waals surface area contributed by atoms with E-state index < -0.39 is 0 Å². The molecule has 0 aliphatic carbocycles. The summed E-state index contributed by atoms with van der Waals surface area (Å²) in [6.07, 6.45) is 1.64. The van der Waals surface area contributed by atoms with Crippen LogP contribution in [0.25, 0.3) is 0 Å². The Morgan fingerprint density at radius 3 is 2.76 bits per heavy atom. The summed E-state index contributed by atoms with van der Waals surface area (Å²) >= 11 is 3.30. The first-order chi connectivity index (χ1) is 9.95. The first-order valence-corrected chi connectivity index (χ1v) is 7.66. The molecule has 1 atom stereocenters. The molecule has 1 saturated heterocycles. The Morgan fingerprint density at radius 1 is 1.43 bits per heavy atom. The predicted molar refractivity (Wildman–Crippen MR) is 83.9 cm³/mol. The van der Waals surface area contributed by atoms with Gasteiger partial charge in [0, 0.05) is 43.3 Å². The fraction of sp³-hybridized carbons (Fsp3) is 0.500. The van der Waals surface area contributed by atoms with Gasteiger partial charge in [-0.25, -0.2) is 4.98 Å². The molecule has 2 amide bonds. The maximum absolute atomic E-state index is 12.0. The molecule has 0 radical (unpaired) electrons. The SMILES string of the molecule is CC(=O)N1CCN(CC(=O)Nc2ccc(Br)cn2)C(C)C1. The lowest BCUT2D eigenvalue weighted by Crippen LogP contribution is -2.54. The second kappa shape index (κ2) is 7.00. The molecule has 114 valence electrons. The number of halogens is 1. The number of pyridine rings is 1. The van der Waals surface area contributed by atoms with Crippen molar-refractivity contribution in [1.82, 2.24) is 14.8 Å². The van der Waals surface area contributed by atoms with Crippen molar-refractivity contribution in [3.63, 3.8) is 0 Å². The highest BCUT2D eigenvalue weighted by Gasteiger charge is 2.26. The Balaban J connectivity index is 1.85. The average molecular weight is 355 g/mol. The van der Waals surface area contributed by atoms with Gasteiger partial charge in [0.25, 0.3) is 0 Å². The highest BCUT2D eigenvalue weighted by molar-refractivity contribution is 9.10. The topological polar surface area (TPSA) is 65.5 Å². The molecule has 0 spiro atoms. The van der Waals surface area contributed by atoms with Crippen LogP contribution in [0.5, 0.6) is 0 Å². The van der Waals surface area contributed by atoms with Crippen LogP contribution in [0, 0.1) is 0 Å². The van der Waals surface area contributed by atoms with Crippen molar-refractivity contribution >= 4 is 33.6 Å². The molecule has 1 fully saturated rings. The van der Waals surface area contributed by atoms with E-state index in [0.29, 0.717) is 32.0 Å². The Kier molecular flexibility index (Phi) is 5.30. The number of hydrogen-bond donors (Lipinski definition) is 1. The van der Waals surface area contributed by atoms with Crippen LogP contribution in [0.4, 0.5) is 5.82 Å². The van der Waals surface area contributed by atoms with E-state index >= 15 is 0 Å². The number of aromatic nitrogens is 1. The van der Waals surface area contributed by atoms with Gasteiger partial charge in [-0.3, -0.25) is 14.5 Å². The molecule has 1 aliphatic heterocycles. The molecule has 1 unspecified atom stereocenters. The van der Waals surface area contributed by atoms with E-state index in [9.17, 15) is 9.59 Å². The normalized spacial score (nSPS) is 19.4. The monoisotopic (exact) mass is 354 g/mol. The molecule has 21 heavy (non-hydrogen) atoms. The standard InChI is InChI=1S/C14H19BrN4O2/c1-10-8-19(11(2)20)6-5-18(10)9-14(21)17-13-4-3-12(15)7-16-13/h3-4,7,10H,5-6,8-9H2,1-2H3,(H,16,17,21). The van der Waals surface area contributed by atoms with Gasteiger partial charge in [-0.1, -0.05) is 0 Å². The lowest BCUT2D eigenvalue weighted by atomic mass is 10.2. The zero-order valence-corrected chi connectivity index (χ0v) is 13.8.